The van der Waals surface area contributed by atoms with Gasteiger partial charge >= 0.3 is 0 Å². The second kappa shape index (κ2) is 3.46. The molecule has 0 aliphatic carbocycles. The first kappa shape index (κ1) is 9.28. The van der Waals surface area contributed by atoms with E-state index in [1.165, 1.54) is 6.92 Å². The maximum atomic E-state index is 10.9. The molecule has 2 aromatic rings. The van der Waals surface area contributed by atoms with Gasteiger partial charge in [-0.1, -0.05) is 0 Å². The molecule has 0 unspecified atom stereocenters. The Kier molecular flexibility index (Phi) is 2.14. The lowest BCUT2D eigenvalue weighted by Crippen LogP contribution is -2.18. The van der Waals surface area contributed by atoms with E-state index in [1.54, 1.807) is 23.0 Å². The first-order valence-corrected chi connectivity index (χ1v) is 4.49. The van der Waals surface area contributed by atoms with Gasteiger partial charge in [-0.05, 0) is 24.3 Å². The number of hydrogen-bond acceptors (Lipinski definition) is 2. The van der Waals surface area contributed by atoms with E-state index in [9.17, 15) is 4.79 Å². The molecule has 1 amide bonds. The van der Waals surface area contributed by atoms with Gasteiger partial charge in [-0.15, -0.1) is 0 Å². The maximum absolute atomic E-state index is 10.9. The first-order chi connectivity index (χ1) is 7.20. The summed E-state index contributed by atoms with van der Waals surface area (Å²) in [6.45, 7) is 1.45. The molecule has 0 saturated carbocycles. The summed E-state index contributed by atoms with van der Waals surface area (Å²) >= 11 is 0. The van der Waals surface area contributed by atoms with Gasteiger partial charge in [0, 0.05) is 18.5 Å². The Morgan fingerprint density at radius 3 is 2.93 bits per heavy atom. The Bertz CT molecular complexity index is 563. The molecule has 0 bridgehead atoms. The molecule has 74 valence electrons. The topological polar surface area (TPSA) is 57.8 Å². The van der Waals surface area contributed by atoms with Crippen LogP contribution in [0.15, 0.2) is 30.5 Å². The van der Waals surface area contributed by atoms with Crippen molar-refractivity contribution in [3.8, 4) is 6.07 Å². The van der Waals surface area contributed by atoms with E-state index in [4.69, 9.17) is 5.26 Å². The average Bonchev–Trinajstić information content (AvgIpc) is 2.60. The van der Waals surface area contributed by atoms with Crippen molar-refractivity contribution in [1.29, 1.82) is 5.26 Å². The first-order valence-electron chi connectivity index (χ1n) is 4.49. The summed E-state index contributed by atoms with van der Waals surface area (Å²) in [4.78, 5) is 10.9. The standard InChI is InChI=1S/C11H9N3O/c1-8(15)13-14-5-4-10-6-9(7-12)2-3-11(10)14/h2-6H,1H3,(H,13,15). The minimum atomic E-state index is -0.128. The van der Waals surface area contributed by atoms with Crippen molar-refractivity contribution in [2.75, 3.05) is 5.43 Å². The van der Waals surface area contributed by atoms with Crippen LogP contribution in [0.3, 0.4) is 0 Å². The van der Waals surface area contributed by atoms with Gasteiger partial charge in [0.25, 0.3) is 0 Å². The zero-order valence-corrected chi connectivity index (χ0v) is 8.19. The molecule has 0 radical (unpaired) electrons. The predicted octanol–water partition coefficient (Wildman–Crippen LogP) is 1.60. The molecule has 4 heteroatoms. The van der Waals surface area contributed by atoms with Crippen LogP contribution in [0.4, 0.5) is 0 Å². The zero-order valence-electron chi connectivity index (χ0n) is 8.19. The van der Waals surface area contributed by atoms with Crippen molar-refractivity contribution in [2.45, 2.75) is 6.92 Å². The molecule has 0 fully saturated rings. The van der Waals surface area contributed by atoms with Crippen LogP contribution in [0.2, 0.25) is 0 Å². The Balaban J connectivity index is 2.53. The van der Waals surface area contributed by atoms with Gasteiger partial charge < -0.3 is 0 Å². The fraction of sp³-hybridized carbons (Fsp3) is 0.0909. The lowest BCUT2D eigenvalue weighted by molar-refractivity contribution is -0.115. The number of hydrogen-bond donors (Lipinski definition) is 1. The van der Waals surface area contributed by atoms with Crippen molar-refractivity contribution in [2.24, 2.45) is 0 Å². The smallest absolute Gasteiger partial charge is 0.235 e. The lowest BCUT2D eigenvalue weighted by Gasteiger charge is -2.04. The SMILES string of the molecule is CC(=O)Nn1ccc2cc(C#N)ccc21. The molecule has 1 N–H and O–H groups in total. The summed E-state index contributed by atoms with van der Waals surface area (Å²) < 4.78 is 1.64. The minimum absolute atomic E-state index is 0.128. The van der Waals surface area contributed by atoms with Crippen LogP contribution in [0, 0.1) is 11.3 Å². The predicted molar refractivity (Wildman–Crippen MR) is 56.7 cm³/mol. The van der Waals surface area contributed by atoms with E-state index >= 15 is 0 Å². The highest BCUT2D eigenvalue weighted by atomic mass is 16.2. The Morgan fingerprint density at radius 2 is 2.27 bits per heavy atom. The van der Waals surface area contributed by atoms with Crippen LogP contribution in [0.25, 0.3) is 10.9 Å². The second-order valence-corrected chi connectivity index (χ2v) is 3.24. The van der Waals surface area contributed by atoms with Gasteiger partial charge in [-0.25, -0.2) is 0 Å². The molecular weight excluding hydrogens is 190 g/mol. The number of aromatic nitrogens is 1. The molecule has 0 aliphatic rings. The van der Waals surface area contributed by atoms with Gasteiger partial charge in [0.15, 0.2) is 0 Å². The van der Waals surface area contributed by atoms with Gasteiger partial charge in [-0.2, -0.15) is 5.26 Å². The van der Waals surface area contributed by atoms with E-state index in [0.29, 0.717) is 5.56 Å². The van der Waals surface area contributed by atoms with Crippen molar-refractivity contribution < 1.29 is 4.79 Å². The number of nitrogens with zero attached hydrogens (tertiary/aromatic N) is 2. The number of carbonyl (C=O) groups excluding carboxylic acids is 1. The number of nitriles is 1. The molecule has 0 saturated heterocycles. The highest BCUT2D eigenvalue weighted by molar-refractivity contribution is 5.86. The second-order valence-electron chi connectivity index (χ2n) is 3.24. The number of nitrogens with one attached hydrogen (secondary N) is 1. The summed E-state index contributed by atoms with van der Waals surface area (Å²) in [7, 11) is 0. The van der Waals surface area contributed by atoms with Crippen molar-refractivity contribution in [3.63, 3.8) is 0 Å². The van der Waals surface area contributed by atoms with Crippen LogP contribution in [0.1, 0.15) is 12.5 Å². The normalized spacial score (nSPS) is 9.87. The highest BCUT2D eigenvalue weighted by Gasteiger charge is 2.02. The van der Waals surface area contributed by atoms with Gasteiger partial charge in [-0.3, -0.25) is 14.9 Å². The molecular formula is C11H9N3O. The van der Waals surface area contributed by atoms with Gasteiger partial charge in [0.2, 0.25) is 5.91 Å². The van der Waals surface area contributed by atoms with Crippen molar-refractivity contribution in [3.05, 3.63) is 36.0 Å². The Hall–Kier alpha value is -2.28. The quantitative estimate of drug-likeness (QED) is 0.758. The molecule has 0 aliphatic heterocycles. The van der Waals surface area contributed by atoms with Crippen LogP contribution in [0.5, 0.6) is 0 Å². The number of fused-ring (bicyclic) bond motifs is 1. The largest absolute Gasteiger partial charge is 0.274 e. The summed E-state index contributed by atoms with van der Waals surface area (Å²) in [5.41, 5.74) is 4.15. The Morgan fingerprint density at radius 1 is 1.47 bits per heavy atom. The third-order valence-electron chi connectivity index (χ3n) is 2.10. The summed E-state index contributed by atoms with van der Waals surface area (Å²) in [6.07, 6.45) is 1.76. The number of amides is 1. The van der Waals surface area contributed by atoms with E-state index in [0.717, 1.165) is 10.9 Å². The summed E-state index contributed by atoms with van der Waals surface area (Å²) in [6, 6.07) is 9.24. The minimum Gasteiger partial charge on any atom is -0.274 e. The summed E-state index contributed by atoms with van der Waals surface area (Å²) in [5.74, 6) is -0.128. The fourth-order valence-corrected chi connectivity index (χ4v) is 1.48. The monoisotopic (exact) mass is 199 g/mol. The van der Waals surface area contributed by atoms with E-state index in [-0.39, 0.29) is 5.91 Å². The fourth-order valence-electron chi connectivity index (χ4n) is 1.48. The third kappa shape index (κ3) is 1.67. The van der Waals surface area contributed by atoms with Crippen LogP contribution in [-0.4, -0.2) is 10.6 Å². The molecule has 1 aromatic carbocycles. The van der Waals surface area contributed by atoms with Crippen molar-refractivity contribution >= 4 is 16.8 Å². The molecule has 0 atom stereocenters. The molecule has 15 heavy (non-hydrogen) atoms. The summed E-state index contributed by atoms with van der Waals surface area (Å²) in [5, 5.41) is 9.66. The molecule has 4 nitrogen and oxygen atoms in total. The van der Waals surface area contributed by atoms with Crippen LogP contribution >= 0.6 is 0 Å². The molecule has 2 rings (SSSR count). The molecule has 1 aromatic heterocycles. The Labute approximate surface area is 86.7 Å². The van der Waals surface area contributed by atoms with Crippen LogP contribution in [-0.2, 0) is 4.79 Å². The van der Waals surface area contributed by atoms with Crippen LogP contribution < -0.4 is 5.43 Å². The molecule has 0 spiro atoms. The van der Waals surface area contributed by atoms with E-state index in [2.05, 4.69) is 11.5 Å². The zero-order chi connectivity index (χ0) is 10.8. The number of carbonyl (C=O) groups is 1. The van der Waals surface area contributed by atoms with Gasteiger partial charge in [0.1, 0.15) is 0 Å². The third-order valence-corrected chi connectivity index (χ3v) is 2.10. The van der Waals surface area contributed by atoms with E-state index < -0.39 is 0 Å². The highest BCUT2D eigenvalue weighted by Crippen LogP contribution is 2.16. The van der Waals surface area contributed by atoms with Crippen molar-refractivity contribution in [1.82, 2.24) is 4.68 Å². The maximum Gasteiger partial charge on any atom is 0.235 e. The molecule has 1 heterocycles. The number of rotatable bonds is 1. The average molecular weight is 199 g/mol. The van der Waals surface area contributed by atoms with E-state index in [1.807, 2.05) is 12.1 Å². The van der Waals surface area contributed by atoms with Gasteiger partial charge in [0.05, 0.1) is 17.1 Å². The number of benzene rings is 1. The lowest BCUT2D eigenvalue weighted by atomic mass is 10.2.